The summed E-state index contributed by atoms with van der Waals surface area (Å²) < 4.78 is 0. The van der Waals surface area contributed by atoms with Gasteiger partial charge in [-0.25, -0.2) is 0 Å². The number of aldehydes is 1. The van der Waals surface area contributed by atoms with Crippen LogP contribution in [-0.2, 0) is 4.79 Å². The normalized spacial score (nSPS) is 6.25. The van der Waals surface area contributed by atoms with E-state index in [1.165, 1.54) is 0 Å². The van der Waals surface area contributed by atoms with Crippen LogP contribution in [0.25, 0.3) is 0 Å². The molecule has 0 aromatic rings. The third kappa shape index (κ3) is 2.19. The molecule has 0 amide bonds. The molecule has 0 aromatic carbocycles. The van der Waals surface area contributed by atoms with Gasteiger partial charge in [-0.1, -0.05) is 0 Å². The quantitative estimate of drug-likeness (QED) is 0.347. The molecular weight excluding hydrogens is 119 g/mol. The van der Waals surface area contributed by atoms with Crippen LogP contribution in [0, 0.1) is 0 Å². The molecule has 0 saturated carbocycles. The molecule has 0 unspecified atom stereocenters. The summed E-state index contributed by atoms with van der Waals surface area (Å²) in [5.74, 6) is 0. The number of carbonyl (C=O) groups is 1. The van der Waals surface area contributed by atoms with Crippen molar-refractivity contribution in [3.63, 3.8) is 0 Å². The first-order chi connectivity index (χ1) is 1.91. The number of hydrogen-bond acceptors (Lipinski definition) is 1. The zero-order chi connectivity index (χ0) is 3.41. The Bertz CT molecular complexity index is 20.0. The van der Waals surface area contributed by atoms with Gasteiger partial charge in [0.15, 0.2) is 0 Å². The van der Waals surface area contributed by atoms with Crippen LogP contribution in [0.3, 0.4) is 0 Å². The van der Waals surface area contributed by atoms with Gasteiger partial charge in [0, 0.05) is 0 Å². The van der Waals surface area contributed by atoms with Gasteiger partial charge in [-0.3, -0.25) is 0 Å². The van der Waals surface area contributed by atoms with E-state index >= 15 is 0 Å². The van der Waals surface area contributed by atoms with E-state index in [9.17, 15) is 0 Å². The Morgan fingerprint density at radius 2 is 2.25 bits per heavy atom. The van der Waals surface area contributed by atoms with Crippen molar-refractivity contribution in [3.8, 4) is 0 Å². The van der Waals surface area contributed by atoms with Crippen molar-refractivity contribution in [2.24, 2.45) is 0 Å². The zero-order valence-corrected chi connectivity index (χ0v) is 3.81. The average Bonchev–Trinajstić information content (AvgIpc) is 1.37. The molecule has 0 atom stereocenters. The van der Waals surface area contributed by atoms with Gasteiger partial charge >= 0.3 is 32.4 Å². The van der Waals surface area contributed by atoms with Crippen molar-refractivity contribution in [2.75, 3.05) is 0 Å². The standard InChI is InChI=1S/C2H4OSe/c3-1-2-4/h1,4H,2H2/p-1. The van der Waals surface area contributed by atoms with Gasteiger partial charge in [0.25, 0.3) is 0 Å². The van der Waals surface area contributed by atoms with Crippen LogP contribution in [0.5, 0.6) is 0 Å². The average molecular weight is 122 g/mol. The summed E-state index contributed by atoms with van der Waals surface area (Å²) in [6.07, 6.45) is 0.819. The predicted octanol–water partition coefficient (Wildman–Crippen LogP) is -0.228. The van der Waals surface area contributed by atoms with E-state index in [4.69, 9.17) is 4.79 Å². The second-order valence-corrected chi connectivity index (χ2v) is 1.03. The Balaban J connectivity index is 2.30. The summed E-state index contributed by atoms with van der Waals surface area (Å²) in [5.41, 5.74) is 0. The molecule has 0 bridgehead atoms. The van der Waals surface area contributed by atoms with Crippen molar-refractivity contribution in [3.05, 3.63) is 0 Å². The Labute approximate surface area is 33.2 Å². The molecule has 1 nitrogen and oxygen atoms in total. The first-order valence-corrected chi connectivity index (χ1v) is 2.14. The van der Waals surface area contributed by atoms with Gasteiger partial charge in [0.05, 0.1) is 0 Å². The van der Waals surface area contributed by atoms with Crippen molar-refractivity contribution in [1.29, 1.82) is 0 Å². The SMILES string of the molecule is O=CC[Se-]. The molecule has 4 heavy (non-hydrogen) atoms. The monoisotopic (exact) mass is 123 g/mol. The summed E-state index contributed by atoms with van der Waals surface area (Å²) in [7, 11) is 0. The van der Waals surface area contributed by atoms with Crippen LogP contribution in [0.1, 0.15) is 0 Å². The van der Waals surface area contributed by atoms with E-state index in [0.29, 0.717) is 5.32 Å². The second-order valence-electron chi connectivity index (χ2n) is 0.333. The van der Waals surface area contributed by atoms with Crippen LogP contribution >= 0.6 is 0 Å². The molecule has 0 fully saturated rings. The van der Waals surface area contributed by atoms with E-state index in [2.05, 4.69) is 16.0 Å². The van der Waals surface area contributed by atoms with E-state index in [1.807, 2.05) is 0 Å². The fraction of sp³-hybridized carbons (Fsp3) is 0.500. The van der Waals surface area contributed by atoms with Gasteiger partial charge in [-0.2, -0.15) is 0 Å². The molecule has 0 heterocycles. The topological polar surface area (TPSA) is 17.1 Å². The van der Waals surface area contributed by atoms with Gasteiger partial charge in [-0.05, 0) is 0 Å². The van der Waals surface area contributed by atoms with Gasteiger partial charge in [0.2, 0.25) is 0 Å². The fourth-order valence-electron chi connectivity index (χ4n) is 0. The predicted molar refractivity (Wildman–Crippen MR) is 16.6 cm³/mol. The third-order valence-electron chi connectivity index (χ3n) is 0.0680. The maximum atomic E-state index is 9.14. The fourth-order valence-corrected chi connectivity index (χ4v) is 0. The molecule has 0 radical (unpaired) electrons. The molecule has 24 valence electrons. The molecule has 0 N–H and O–H groups in total. The van der Waals surface area contributed by atoms with Crippen LogP contribution in [0.2, 0.25) is 5.32 Å². The third-order valence-corrected chi connectivity index (χ3v) is 0.354. The first-order valence-electron chi connectivity index (χ1n) is 0.933. The molecule has 0 rings (SSSR count). The number of rotatable bonds is 1. The van der Waals surface area contributed by atoms with E-state index < -0.39 is 0 Å². The van der Waals surface area contributed by atoms with Crippen LogP contribution in [0.4, 0.5) is 0 Å². The van der Waals surface area contributed by atoms with E-state index in [0.717, 1.165) is 6.29 Å². The van der Waals surface area contributed by atoms with E-state index in [-0.39, 0.29) is 0 Å². The number of hydrogen-bond donors (Lipinski definition) is 0. The minimum atomic E-state index is 0.514. The van der Waals surface area contributed by atoms with Gasteiger partial charge in [0.1, 0.15) is 0 Å². The minimum absolute atomic E-state index is 0.514. The molecule has 0 saturated heterocycles. The molecule has 0 aromatic heterocycles. The second kappa shape index (κ2) is 3.19. The summed E-state index contributed by atoms with van der Waals surface area (Å²) in [6, 6.07) is 0. The Morgan fingerprint density at radius 1 is 2.00 bits per heavy atom. The summed E-state index contributed by atoms with van der Waals surface area (Å²) >= 11 is 2.52. The molecule has 2 heteroatoms. The summed E-state index contributed by atoms with van der Waals surface area (Å²) in [6.45, 7) is 0. The van der Waals surface area contributed by atoms with E-state index in [1.54, 1.807) is 0 Å². The van der Waals surface area contributed by atoms with Crippen molar-refractivity contribution < 1.29 is 4.79 Å². The Morgan fingerprint density at radius 3 is 2.25 bits per heavy atom. The summed E-state index contributed by atoms with van der Waals surface area (Å²) in [5, 5.41) is 0.514. The molecule has 0 spiro atoms. The summed E-state index contributed by atoms with van der Waals surface area (Å²) in [4.78, 5) is 9.14. The number of carbonyl (C=O) groups excluding carboxylic acids is 1. The van der Waals surface area contributed by atoms with Crippen LogP contribution < -0.4 is 0 Å². The van der Waals surface area contributed by atoms with Crippen molar-refractivity contribution in [2.45, 2.75) is 5.32 Å². The van der Waals surface area contributed by atoms with Gasteiger partial charge in [-0.15, -0.1) is 0 Å². The molecule has 0 aliphatic rings. The molecule has 0 aliphatic heterocycles. The van der Waals surface area contributed by atoms with Crippen molar-refractivity contribution >= 4 is 22.3 Å². The van der Waals surface area contributed by atoms with Gasteiger partial charge < -0.3 is 0 Å². The first kappa shape index (κ1) is 4.19. The Kier molecular flexibility index (Phi) is 3.34. The molecular formula is C2H3OSe-. The Hall–Kier alpha value is 0.189. The van der Waals surface area contributed by atoms with Crippen LogP contribution in [-0.4, -0.2) is 22.3 Å². The van der Waals surface area contributed by atoms with Crippen molar-refractivity contribution in [1.82, 2.24) is 0 Å². The maximum absolute atomic E-state index is 9.14. The van der Waals surface area contributed by atoms with Crippen LogP contribution in [0.15, 0.2) is 0 Å². The molecule has 0 aliphatic carbocycles. The zero-order valence-electron chi connectivity index (χ0n) is 2.10.